The third-order valence-electron chi connectivity index (χ3n) is 3.30. The molecule has 0 saturated carbocycles. The van der Waals surface area contributed by atoms with Gasteiger partial charge in [0.2, 0.25) is 0 Å². The van der Waals surface area contributed by atoms with E-state index >= 15 is 0 Å². The van der Waals surface area contributed by atoms with Crippen molar-refractivity contribution in [3.63, 3.8) is 0 Å². The molecule has 0 aliphatic heterocycles. The Kier molecular flexibility index (Phi) is 5.46. The van der Waals surface area contributed by atoms with Gasteiger partial charge in [0.15, 0.2) is 6.10 Å². The van der Waals surface area contributed by atoms with E-state index in [1.54, 1.807) is 25.3 Å². The molecule has 1 aromatic carbocycles. The van der Waals surface area contributed by atoms with Crippen molar-refractivity contribution in [2.75, 3.05) is 5.32 Å². The van der Waals surface area contributed by atoms with E-state index < -0.39 is 12.1 Å². The number of pyridine rings is 1. The van der Waals surface area contributed by atoms with Crippen LogP contribution in [-0.4, -0.2) is 23.0 Å². The van der Waals surface area contributed by atoms with Crippen LogP contribution in [0.3, 0.4) is 0 Å². The van der Waals surface area contributed by atoms with E-state index in [-0.39, 0.29) is 5.91 Å². The summed E-state index contributed by atoms with van der Waals surface area (Å²) >= 11 is 0. The highest BCUT2D eigenvalue weighted by Crippen LogP contribution is 2.15. The number of aryl methyl sites for hydroxylation is 2. The SMILES string of the molecule is CCC(OC(=O)c1cccnc1)C(=O)Nc1cc(C)cc(C)c1. The number of aromatic nitrogens is 1. The zero-order chi connectivity index (χ0) is 16.8. The fourth-order valence-electron chi connectivity index (χ4n) is 2.27. The Morgan fingerprint density at radius 1 is 1.22 bits per heavy atom. The minimum Gasteiger partial charge on any atom is -0.449 e. The average molecular weight is 312 g/mol. The summed E-state index contributed by atoms with van der Waals surface area (Å²) < 4.78 is 5.29. The first-order valence-corrected chi connectivity index (χ1v) is 7.49. The molecule has 0 aliphatic rings. The van der Waals surface area contributed by atoms with Crippen LogP contribution in [0.4, 0.5) is 5.69 Å². The van der Waals surface area contributed by atoms with Gasteiger partial charge in [-0.1, -0.05) is 13.0 Å². The van der Waals surface area contributed by atoms with Gasteiger partial charge in [-0.25, -0.2) is 4.79 Å². The second kappa shape index (κ2) is 7.54. The maximum Gasteiger partial charge on any atom is 0.340 e. The predicted octanol–water partition coefficient (Wildman–Crippen LogP) is 3.27. The zero-order valence-electron chi connectivity index (χ0n) is 13.5. The number of ether oxygens (including phenoxy) is 1. The first-order valence-electron chi connectivity index (χ1n) is 7.49. The number of hydrogen-bond donors (Lipinski definition) is 1. The van der Waals surface area contributed by atoms with Gasteiger partial charge in [-0.3, -0.25) is 9.78 Å². The largest absolute Gasteiger partial charge is 0.449 e. The average Bonchev–Trinajstić information content (AvgIpc) is 2.52. The van der Waals surface area contributed by atoms with Crippen LogP contribution < -0.4 is 5.32 Å². The van der Waals surface area contributed by atoms with Gasteiger partial charge >= 0.3 is 5.97 Å². The van der Waals surface area contributed by atoms with Gasteiger partial charge in [0.1, 0.15) is 0 Å². The maximum absolute atomic E-state index is 12.3. The number of anilines is 1. The minimum atomic E-state index is -0.844. The van der Waals surface area contributed by atoms with Crippen LogP contribution in [-0.2, 0) is 9.53 Å². The molecule has 0 saturated heterocycles. The monoisotopic (exact) mass is 312 g/mol. The minimum absolute atomic E-state index is 0.324. The van der Waals surface area contributed by atoms with E-state index in [4.69, 9.17) is 4.74 Å². The van der Waals surface area contributed by atoms with Gasteiger partial charge in [-0.2, -0.15) is 0 Å². The molecule has 0 aliphatic carbocycles. The number of esters is 1. The van der Waals surface area contributed by atoms with Crippen molar-refractivity contribution in [2.45, 2.75) is 33.3 Å². The van der Waals surface area contributed by atoms with Crippen molar-refractivity contribution in [1.82, 2.24) is 4.98 Å². The highest BCUT2D eigenvalue weighted by atomic mass is 16.5. The van der Waals surface area contributed by atoms with Crippen molar-refractivity contribution in [3.8, 4) is 0 Å². The molecule has 0 radical (unpaired) electrons. The number of nitrogens with one attached hydrogen (secondary N) is 1. The van der Waals surface area contributed by atoms with Crippen molar-refractivity contribution in [3.05, 3.63) is 59.4 Å². The van der Waals surface area contributed by atoms with Crippen molar-refractivity contribution < 1.29 is 14.3 Å². The highest BCUT2D eigenvalue weighted by Gasteiger charge is 2.22. The van der Waals surface area contributed by atoms with E-state index in [2.05, 4.69) is 10.3 Å². The van der Waals surface area contributed by atoms with Gasteiger partial charge in [0.05, 0.1) is 5.56 Å². The topological polar surface area (TPSA) is 68.3 Å². The van der Waals surface area contributed by atoms with Crippen molar-refractivity contribution in [2.24, 2.45) is 0 Å². The second-order valence-electron chi connectivity index (χ2n) is 5.41. The number of rotatable bonds is 5. The fraction of sp³-hybridized carbons (Fsp3) is 0.278. The van der Waals surface area contributed by atoms with E-state index in [1.807, 2.05) is 32.0 Å². The Bertz CT molecular complexity index is 678. The molecule has 1 aromatic heterocycles. The molecule has 1 N–H and O–H groups in total. The second-order valence-corrected chi connectivity index (χ2v) is 5.41. The summed E-state index contributed by atoms with van der Waals surface area (Å²) in [5, 5.41) is 2.80. The molecule has 1 amide bonds. The standard InChI is InChI=1S/C18H20N2O3/c1-4-16(23-18(22)14-6-5-7-19-11-14)17(21)20-15-9-12(2)8-13(3)10-15/h5-11,16H,4H2,1-3H3,(H,20,21). The number of carbonyl (C=O) groups is 2. The van der Waals surface area contributed by atoms with Crippen LogP contribution in [0.25, 0.3) is 0 Å². The van der Waals surface area contributed by atoms with Crippen molar-refractivity contribution in [1.29, 1.82) is 0 Å². The molecule has 120 valence electrons. The summed E-state index contributed by atoms with van der Waals surface area (Å²) in [7, 11) is 0. The van der Waals surface area contributed by atoms with Gasteiger partial charge in [0, 0.05) is 18.1 Å². The molecule has 23 heavy (non-hydrogen) atoms. The molecule has 0 bridgehead atoms. The third kappa shape index (κ3) is 4.64. The molecule has 1 atom stereocenters. The lowest BCUT2D eigenvalue weighted by atomic mass is 10.1. The highest BCUT2D eigenvalue weighted by molar-refractivity contribution is 5.97. The number of hydrogen-bond acceptors (Lipinski definition) is 4. The van der Waals surface area contributed by atoms with Crippen LogP contribution in [0.1, 0.15) is 34.8 Å². The van der Waals surface area contributed by atoms with Crippen LogP contribution in [0.2, 0.25) is 0 Å². The molecule has 1 unspecified atom stereocenters. The smallest absolute Gasteiger partial charge is 0.340 e. The predicted molar refractivity (Wildman–Crippen MR) is 88.3 cm³/mol. The van der Waals surface area contributed by atoms with Gasteiger partial charge in [0.25, 0.3) is 5.91 Å². The lowest BCUT2D eigenvalue weighted by Crippen LogP contribution is -2.32. The molecule has 1 heterocycles. The Hall–Kier alpha value is -2.69. The Morgan fingerprint density at radius 2 is 1.91 bits per heavy atom. The first-order chi connectivity index (χ1) is 11.0. The molecule has 0 fully saturated rings. The molecule has 2 rings (SSSR count). The summed E-state index contributed by atoms with van der Waals surface area (Å²) in [6.45, 7) is 5.72. The van der Waals surface area contributed by atoms with Crippen LogP contribution in [0.5, 0.6) is 0 Å². The number of carbonyl (C=O) groups excluding carboxylic acids is 2. The lowest BCUT2D eigenvalue weighted by molar-refractivity contribution is -0.124. The number of benzene rings is 1. The Morgan fingerprint density at radius 3 is 2.48 bits per heavy atom. The van der Waals surface area contributed by atoms with Gasteiger partial charge in [-0.15, -0.1) is 0 Å². The van der Waals surface area contributed by atoms with Crippen LogP contribution >= 0.6 is 0 Å². The maximum atomic E-state index is 12.3. The zero-order valence-corrected chi connectivity index (χ0v) is 13.5. The summed E-state index contributed by atoms with van der Waals surface area (Å²) in [5.41, 5.74) is 3.13. The summed E-state index contributed by atoms with van der Waals surface area (Å²) in [6, 6.07) is 9.02. The van der Waals surface area contributed by atoms with E-state index in [0.717, 1.165) is 11.1 Å². The summed E-state index contributed by atoms with van der Waals surface area (Å²) in [5.74, 6) is -0.893. The molecular weight excluding hydrogens is 292 g/mol. The van der Waals surface area contributed by atoms with E-state index in [1.165, 1.54) is 6.20 Å². The van der Waals surface area contributed by atoms with E-state index in [0.29, 0.717) is 17.7 Å². The summed E-state index contributed by atoms with van der Waals surface area (Å²) in [4.78, 5) is 28.2. The molecular formula is C18H20N2O3. The molecule has 5 nitrogen and oxygen atoms in total. The van der Waals surface area contributed by atoms with Crippen LogP contribution in [0, 0.1) is 13.8 Å². The quantitative estimate of drug-likeness (QED) is 0.860. The normalized spacial score (nSPS) is 11.6. The number of nitrogens with zero attached hydrogens (tertiary/aromatic N) is 1. The van der Waals surface area contributed by atoms with Gasteiger partial charge in [-0.05, 0) is 55.7 Å². The summed E-state index contributed by atoms with van der Waals surface area (Å²) in [6.07, 6.45) is 2.53. The Balaban J connectivity index is 2.05. The fourth-order valence-corrected chi connectivity index (χ4v) is 2.27. The lowest BCUT2D eigenvalue weighted by Gasteiger charge is -2.16. The molecule has 5 heteroatoms. The molecule has 2 aromatic rings. The van der Waals surface area contributed by atoms with Gasteiger partial charge < -0.3 is 10.1 Å². The Labute approximate surface area is 135 Å². The molecule has 0 spiro atoms. The first kappa shape index (κ1) is 16.7. The third-order valence-corrected chi connectivity index (χ3v) is 3.30. The number of amides is 1. The van der Waals surface area contributed by atoms with Crippen molar-refractivity contribution >= 4 is 17.6 Å². The van der Waals surface area contributed by atoms with E-state index in [9.17, 15) is 9.59 Å². The van der Waals surface area contributed by atoms with Crippen LogP contribution in [0.15, 0.2) is 42.7 Å².